The Balaban J connectivity index is 2.19. The van der Waals surface area contributed by atoms with Gasteiger partial charge in [-0.1, -0.05) is 23.3 Å². The molecule has 1 heterocycles. The van der Waals surface area contributed by atoms with Crippen LogP contribution in [0.2, 0.25) is 0 Å². The number of azide groups is 1. The molecule has 9 heteroatoms. The standard InChI is InChI=1S/C13H11N3O6/c14-16-15-8-6-9(17)21-10(8)11(12(18)19)22-13(20)7-4-2-1-3-5-7/h1-5,8,10-11H,6H2,(H,18,19)/t8-,10-,11-/m0/s1. The molecule has 1 aliphatic heterocycles. The minimum absolute atomic E-state index is 0.151. The number of hydrogen-bond donors (Lipinski definition) is 1. The smallest absolute Gasteiger partial charge is 0.349 e. The van der Waals surface area contributed by atoms with E-state index in [0.29, 0.717) is 0 Å². The van der Waals surface area contributed by atoms with Gasteiger partial charge in [0, 0.05) is 4.91 Å². The second-order valence-electron chi connectivity index (χ2n) is 4.46. The first-order valence-electron chi connectivity index (χ1n) is 6.25. The van der Waals surface area contributed by atoms with Gasteiger partial charge in [-0.2, -0.15) is 0 Å². The number of carboxylic acid groups (broad SMARTS) is 1. The Bertz CT molecular complexity index is 640. The van der Waals surface area contributed by atoms with Crippen molar-refractivity contribution < 1.29 is 29.0 Å². The van der Waals surface area contributed by atoms with Crippen molar-refractivity contribution in [2.75, 3.05) is 0 Å². The molecule has 1 N–H and O–H groups in total. The topological polar surface area (TPSA) is 139 Å². The zero-order valence-corrected chi connectivity index (χ0v) is 11.2. The average Bonchev–Trinajstić information content (AvgIpc) is 2.86. The zero-order chi connectivity index (χ0) is 16.1. The molecule has 0 saturated carbocycles. The molecule has 0 aliphatic carbocycles. The maximum Gasteiger partial charge on any atom is 0.349 e. The van der Waals surface area contributed by atoms with E-state index < -0.39 is 36.2 Å². The first-order valence-corrected chi connectivity index (χ1v) is 6.25. The maximum atomic E-state index is 11.9. The molecule has 1 saturated heterocycles. The van der Waals surface area contributed by atoms with Crippen LogP contribution in [-0.4, -0.2) is 41.3 Å². The quantitative estimate of drug-likeness (QED) is 0.376. The summed E-state index contributed by atoms with van der Waals surface area (Å²) in [7, 11) is 0. The number of carboxylic acids is 1. The van der Waals surface area contributed by atoms with Gasteiger partial charge in [0.15, 0.2) is 6.10 Å². The highest BCUT2D eigenvalue weighted by Crippen LogP contribution is 2.24. The first kappa shape index (κ1) is 15.3. The third kappa shape index (κ3) is 3.33. The van der Waals surface area contributed by atoms with E-state index in [4.69, 9.17) is 15.0 Å². The fourth-order valence-electron chi connectivity index (χ4n) is 2.02. The van der Waals surface area contributed by atoms with Crippen molar-refractivity contribution in [2.24, 2.45) is 5.11 Å². The Labute approximate surface area is 124 Å². The Morgan fingerprint density at radius 1 is 1.41 bits per heavy atom. The van der Waals surface area contributed by atoms with Crippen LogP contribution in [0.15, 0.2) is 35.4 Å². The van der Waals surface area contributed by atoms with Crippen molar-refractivity contribution in [1.82, 2.24) is 0 Å². The van der Waals surface area contributed by atoms with Crippen LogP contribution in [-0.2, 0) is 19.1 Å². The predicted molar refractivity (Wildman–Crippen MR) is 70.7 cm³/mol. The number of aliphatic carboxylic acids is 1. The number of hydrogen-bond acceptors (Lipinski definition) is 6. The summed E-state index contributed by atoms with van der Waals surface area (Å²) in [5.74, 6) is -3.10. The summed E-state index contributed by atoms with van der Waals surface area (Å²) >= 11 is 0. The van der Waals surface area contributed by atoms with Gasteiger partial charge in [-0.25, -0.2) is 9.59 Å². The lowest BCUT2D eigenvalue weighted by atomic mass is 10.1. The number of cyclic esters (lactones) is 1. The van der Waals surface area contributed by atoms with Crippen LogP contribution in [0.25, 0.3) is 10.4 Å². The number of esters is 2. The summed E-state index contributed by atoms with van der Waals surface area (Å²) in [6.07, 6.45) is -3.37. The van der Waals surface area contributed by atoms with Crippen LogP contribution < -0.4 is 0 Å². The first-order chi connectivity index (χ1) is 10.5. The SMILES string of the molecule is [N-]=[N+]=N[C@H]1CC(=O)O[C@@H]1[C@H](OC(=O)c1ccccc1)C(=O)O. The van der Waals surface area contributed by atoms with Gasteiger partial charge in [-0.05, 0) is 17.7 Å². The third-order valence-corrected chi connectivity index (χ3v) is 3.01. The molecule has 1 aliphatic rings. The summed E-state index contributed by atoms with van der Waals surface area (Å²) in [5.41, 5.74) is 8.60. The molecule has 0 radical (unpaired) electrons. The van der Waals surface area contributed by atoms with Gasteiger partial charge in [0.05, 0.1) is 18.0 Å². The van der Waals surface area contributed by atoms with Crippen LogP contribution in [0, 0.1) is 0 Å². The molecule has 22 heavy (non-hydrogen) atoms. The van der Waals surface area contributed by atoms with E-state index in [1.165, 1.54) is 12.1 Å². The molecule has 1 fully saturated rings. The van der Waals surface area contributed by atoms with Crippen LogP contribution in [0.3, 0.4) is 0 Å². The molecule has 0 aromatic heterocycles. The number of carbonyl (C=O) groups is 3. The molecule has 114 valence electrons. The molecule has 2 rings (SSSR count). The van der Waals surface area contributed by atoms with Crippen LogP contribution in [0.5, 0.6) is 0 Å². The lowest BCUT2D eigenvalue weighted by Gasteiger charge is -2.21. The largest absolute Gasteiger partial charge is 0.478 e. The normalized spacial score (nSPS) is 21.4. The summed E-state index contributed by atoms with van der Waals surface area (Å²) in [4.78, 5) is 37.1. The van der Waals surface area contributed by atoms with E-state index in [1.54, 1.807) is 18.2 Å². The van der Waals surface area contributed by atoms with E-state index in [0.717, 1.165) is 0 Å². The van der Waals surface area contributed by atoms with Gasteiger partial charge in [-0.3, -0.25) is 4.79 Å². The summed E-state index contributed by atoms with van der Waals surface area (Å²) < 4.78 is 9.73. The number of nitrogens with zero attached hydrogens (tertiary/aromatic N) is 3. The second kappa shape index (κ2) is 6.59. The fraction of sp³-hybridized carbons (Fsp3) is 0.308. The molecule has 0 unspecified atom stereocenters. The molecular formula is C13H11N3O6. The fourth-order valence-corrected chi connectivity index (χ4v) is 2.02. The van der Waals surface area contributed by atoms with Crippen molar-refractivity contribution in [3.05, 3.63) is 46.3 Å². The van der Waals surface area contributed by atoms with E-state index in [2.05, 4.69) is 10.0 Å². The maximum absolute atomic E-state index is 11.9. The molecule has 9 nitrogen and oxygen atoms in total. The number of benzene rings is 1. The Kier molecular flexibility index (Phi) is 4.60. The number of carbonyl (C=O) groups excluding carboxylic acids is 2. The van der Waals surface area contributed by atoms with Crippen LogP contribution in [0.4, 0.5) is 0 Å². The van der Waals surface area contributed by atoms with Gasteiger partial charge >= 0.3 is 17.9 Å². The molecular weight excluding hydrogens is 294 g/mol. The average molecular weight is 305 g/mol. The Morgan fingerprint density at radius 3 is 2.68 bits per heavy atom. The highest BCUT2D eigenvalue weighted by molar-refractivity contribution is 5.91. The Morgan fingerprint density at radius 2 is 2.09 bits per heavy atom. The predicted octanol–water partition coefficient (Wildman–Crippen LogP) is 1.29. The summed E-state index contributed by atoms with van der Waals surface area (Å²) in [5, 5.41) is 12.5. The molecule has 1 aromatic rings. The molecule has 0 bridgehead atoms. The van der Waals surface area contributed by atoms with E-state index >= 15 is 0 Å². The molecule has 1 aromatic carbocycles. The lowest BCUT2D eigenvalue weighted by molar-refractivity contribution is -0.159. The van der Waals surface area contributed by atoms with Gasteiger partial charge in [-0.15, -0.1) is 0 Å². The summed E-state index contributed by atoms with van der Waals surface area (Å²) in [6.45, 7) is 0. The molecule has 0 amide bonds. The molecule has 0 spiro atoms. The zero-order valence-electron chi connectivity index (χ0n) is 11.2. The number of rotatable bonds is 5. The van der Waals surface area contributed by atoms with Crippen molar-refractivity contribution in [1.29, 1.82) is 0 Å². The highest BCUT2D eigenvalue weighted by Gasteiger charge is 2.45. The minimum atomic E-state index is -1.75. The van der Waals surface area contributed by atoms with E-state index in [9.17, 15) is 19.5 Å². The second-order valence-corrected chi connectivity index (χ2v) is 4.46. The van der Waals surface area contributed by atoms with E-state index in [1.807, 2.05) is 0 Å². The van der Waals surface area contributed by atoms with Gasteiger partial charge in [0.25, 0.3) is 0 Å². The lowest BCUT2D eigenvalue weighted by Crippen LogP contribution is -2.42. The highest BCUT2D eigenvalue weighted by atomic mass is 16.6. The number of ether oxygens (including phenoxy) is 2. The monoisotopic (exact) mass is 305 g/mol. The van der Waals surface area contributed by atoms with E-state index in [-0.39, 0.29) is 12.0 Å². The van der Waals surface area contributed by atoms with Gasteiger partial charge in [0.2, 0.25) is 6.10 Å². The van der Waals surface area contributed by atoms with Gasteiger partial charge in [0.1, 0.15) is 0 Å². The Hall–Kier alpha value is -3.06. The van der Waals surface area contributed by atoms with Crippen LogP contribution >= 0.6 is 0 Å². The van der Waals surface area contributed by atoms with Gasteiger partial charge < -0.3 is 14.6 Å². The van der Waals surface area contributed by atoms with Crippen molar-refractivity contribution in [2.45, 2.75) is 24.7 Å². The van der Waals surface area contributed by atoms with Crippen LogP contribution in [0.1, 0.15) is 16.8 Å². The molecule has 3 atom stereocenters. The van der Waals surface area contributed by atoms with Crippen molar-refractivity contribution in [3.8, 4) is 0 Å². The summed E-state index contributed by atoms with van der Waals surface area (Å²) in [6, 6.07) is 6.72. The van der Waals surface area contributed by atoms with Crippen molar-refractivity contribution in [3.63, 3.8) is 0 Å². The third-order valence-electron chi connectivity index (χ3n) is 3.01. The van der Waals surface area contributed by atoms with Crippen molar-refractivity contribution >= 4 is 17.9 Å². The minimum Gasteiger partial charge on any atom is -0.478 e.